The third-order valence-corrected chi connectivity index (χ3v) is 4.78. The third kappa shape index (κ3) is 4.47. The smallest absolute Gasteiger partial charge is 0.257 e. The summed E-state index contributed by atoms with van der Waals surface area (Å²) in [6, 6.07) is 7.83. The molecule has 0 unspecified atom stereocenters. The fraction of sp³-hybridized carbons (Fsp3) is 0.429. The zero-order valence-corrected chi connectivity index (χ0v) is 16.8. The van der Waals surface area contributed by atoms with Crippen molar-refractivity contribution >= 4 is 17.8 Å². The van der Waals surface area contributed by atoms with Crippen LogP contribution in [0.1, 0.15) is 42.3 Å². The monoisotopic (exact) mass is 381 g/mol. The average molecular weight is 381 g/mol. The number of benzene rings is 1. The lowest BCUT2D eigenvalue weighted by atomic mass is 10.1. The minimum Gasteiger partial charge on any atom is -0.352 e. The second-order valence-electron chi connectivity index (χ2n) is 7.52. The number of anilines is 1. The second kappa shape index (κ2) is 8.37. The number of nitrogens with one attached hydrogen (secondary N) is 1. The third-order valence-electron chi connectivity index (χ3n) is 4.78. The Morgan fingerprint density at radius 2 is 1.96 bits per heavy atom. The molecular weight excluding hydrogens is 354 g/mol. The Labute approximate surface area is 165 Å². The number of aromatic nitrogens is 2. The lowest BCUT2D eigenvalue weighted by Gasteiger charge is -2.39. The van der Waals surface area contributed by atoms with E-state index in [4.69, 9.17) is 0 Å². The first-order chi connectivity index (χ1) is 13.3. The number of hydrogen-bond acceptors (Lipinski definition) is 5. The highest BCUT2D eigenvalue weighted by Gasteiger charge is 2.34. The molecule has 3 rings (SSSR count). The molecule has 0 spiro atoms. The van der Waals surface area contributed by atoms with Crippen molar-refractivity contribution in [1.29, 1.82) is 0 Å². The van der Waals surface area contributed by atoms with Crippen LogP contribution in [0.2, 0.25) is 0 Å². The van der Waals surface area contributed by atoms with Gasteiger partial charge in [-0.25, -0.2) is 9.97 Å². The van der Waals surface area contributed by atoms with Gasteiger partial charge in [0.15, 0.2) is 0 Å². The van der Waals surface area contributed by atoms with Gasteiger partial charge in [0.2, 0.25) is 11.9 Å². The van der Waals surface area contributed by atoms with Crippen LogP contribution in [0.15, 0.2) is 36.7 Å². The highest BCUT2D eigenvalue weighted by Crippen LogP contribution is 2.18. The van der Waals surface area contributed by atoms with Gasteiger partial charge in [-0.05, 0) is 33.3 Å². The molecule has 1 aromatic carbocycles. The summed E-state index contributed by atoms with van der Waals surface area (Å²) in [6.45, 7) is 9.36. The number of carbonyl (C=O) groups excluding carboxylic acids is 2. The molecule has 28 heavy (non-hydrogen) atoms. The number of hydrogen-bond donors (Lipinski definition) is 1. The Balaban J connectivity index is 1.66. The number of amides is 2. The summed E-state index contributed by atoms with van der Waals surface area (Å²) >= 11 is 0. The predicted molar refractivity (Wildman–Crippen MR) is 108 cm³/mol. The van der Waals surface area contributed by atoms with Crippen molar-refractivity contribution in [2.24, 2.45) is 0 Å². The Bertz CT molecular complexity index is 850. The number of aryl methyl sites for hydroxylation is 1. The van der Waals surface area contributed by atoms with Crippen LogP contribution in [0.3, 0.4) is 0 Å². The van der Waals surface area contributed by atoms with Crippen molar-refractivity contribution in [3.8, 4) is 0 Å². The second-order valence-corrected chi connectivity index (χ2v) is 7.52. The molecule has 2 heterocycles. The molecule has 7 nitrogen and oxygen atoms in total. The first kappa shape index (κ1) is 19.8. The molecule has 1 saturated heterocycles. The van der Waals surface area contributed by atoms with Gasteiger partial charge >= 0.3 is 0 Å². The molecule has 1 aliphatic heterocycles. The fourth-order valence-corrected chi connectivity index (χ4v) is 3.33. The summed E-state index contributed by atoms with van der Waals surface area (Å²) in [6.07, 6.45) is 3.02. The molecule has 0 saturated carbocycles. The maximum atomic E-state index is 12.9. The van der Waals surface area contributed by atoms with Crippen molar-refractivity contribution in [3.63, 3.8) is 0 Å². The zero-order chi connectivity index (χ0) is 20.3. The largest absolute Gasteiger partial charge is 0.352 e. The normalized spacial score (nSPS) is 17.2. The topological polar surface area (TPSA) is 78.4 Å². The number of nitrogens with zero attached hydrogens (tertiary/aromatic N) is 4. The fourth-order valence-electron chi connectivity index (χ4n) is 3.33. The first-order valence-corrected chi connectivity index (χ1v) is 9.59. The summed E-state index contributed by atoms with van der Waals surface area (Å²) in [5.74, 6) is 0.228. The van der Waals surface area contributed by atoms with E-state index < -0.39 is 6.04 Å². The molecule has 1 fully saturated rings. The predicted octanol–water partition coefficient (Wildman–Crippen LogP) is 2.48. The van der Waals surface area contributed by atoms with Crippen LogP contribution in [0.25, 0.3) is 0 Å². The van der Waals surface area contributed by atoms with E-state index in [0.717, 1.165) is 5.56 Å². The van der Waals surface area contributed by atoms with Crippen LogP contribution >= 0.6 is 0 Å². The lowest BCUT2D eigenvalue weighted by Crippen LogP contribution is -2.57. The first-order valence-electron chi connectivity index (χ1n) is 9.59. The van der Waals surface area contributed by atoms with Crippen molar-refractivity contribution in [2.75, 3.05) is 18.4 Å². The standard InChI is InChI=1S/C21H27N5O2/c1-14(2)24-21-22-11-18(12-23-21)20(28)26-9-8-25(19(27)16(26)4)13-17-7-5-6-15(3)10-17/h5-7,10-12,14,16H,8-9,13H2,1-4H3,(H,22,23,24)/t16-/m0/s1. The molecule has 1 aliphatic rings. The van der Waals surface area contributed by atoms with Gasteiger partial charge in [-0.1, -0.05) is 29.8 Å². The van der Waals surface area contributed by atoms with Gasteiger partial charge in [0.25, 0.3) is 5.91 Å². The SMILES string of the molecule is Cc1cccc(CN2CCN(C(=O)c3cnc(NC(C)C)nc3)[C@@H](C)C2=O)c1. The van der Waals surface area contributed by atoms with Gasteiger partial charge in [-0.3, -0.25) is 9.59 Å². The molecule has 2 amide bonds. The van der Waals surface area contributed by atoms with Crippen LogP contribution < -0.4 is 5.32 Å². The Kier molecular flexibility index (Phi) is 5.92. The summed E-state index contributed by atoms with van der Waals surface area (Å²) in [5.41, 5.74) is 2.66. The molecule has 0 aliphatic carbocycles. The minimum atomic E-state index is -0.514. The molecule has 7 heteroatoms. The Morgan fingerprint density at radius 1 is 1.25 bits per heavy atom. The van der Waals surface area contributed by atoms with E-state index in [-0.39, 0.29) is 17.9 Å². The van der Waals surface area contributed by atoms with Crippen LogP contribution in [0, 0.1) is 6.92 Å². The number of piperazine rings is 1. The molecule has 2 aromatic rings. The highest BCUT2D eigenvalue weighted by molar-refractivity contribution is 5.97. The quantitative estimate of drug-likeness (QED) is 0.861. The van der Waals surface area contributed by atoms with Crippen molar-refractivity contribution in [3.05, 3.63) is 53.3 Å². The lowest BCUT2D eigenvalue weighted by molar-refractivity contribution is -0.140. The molecule has 0 radical (unpaired) electrons. The van der Waals surface area contributed by atoms with E-state index in [1.54, 1.807) is 11.8 Å². The average Bonchev–Trinajstić information content (AvgIpc) is 2.65. The van der Waals surface area contributed by atoms with Crippen LogP contribution in [-0.4, -0.2) is 56.8 Å². The maximum absolute atomic E-state index is 12.9. The van der Waals surface area contributed by atoms with E-state index in [1.165, 1.54) is 18.0 Å². The van der Waals surface area contributed by atoms with Crippen molar-refractivity contribution < 1.29 is 9.59 Å². The van der Waals surface area contributed by atoms with Gasteiger partial charge in [0.05, 0.1) is 5.56 Å². The summed E-state index contributed by atoms with van der Waals surface area (Å²) in [7, 11) is 0. The van der Waals surface area contributed by atoms with Crippen molar-refractivity contribution in [1.82, 2.24) is 19.8 Å². The van der Waals surface area contributed by atoms with Gasteiger partial charge < -0.3 is 15.1 Å². The molecule has 148 valence electrons. The van der Waals surface area contributed by atoms with E-state index in [2.05, 4.69) is 21.4 Å². The van der Waals surface area contributed by atoms with E-state index >= 15 is 0 Å². The summed E-state index contributed by atoms with van der Waals surface area (Å²) in [5, 5.41) is 3.09. The minimum absolute atomic E-state index is 0.0416. The number of carbonyl (C=O) groups is 2. The van der Waals surface area contributed by atoms with Gasteiger partial charge in [0, 0.05) is 38.1 Å². The summed E-state index contributed by atoms with van der Waals surface area (Å²) < 4.78 is 0. The van der Waals surface area contributed by atoms with Gasteiger partial charge in [0.1, 0.15) is 6.04 Å². The number of rotatable bonds is 5. The molecule has 1 N–H and O–H groups in total. The van der Waals surface area contributed by atoms with Crippen molar-refractivity contribution in [2.45, 2.75) is 46.3 Å². The zero-order valence-electron chi connectivity index (χ0n) is 16.8. The molecule has 0 bridgehead atoms. The van der Waals surface area contributed by atoms with Gasteiger partial charge in [-0.15, -0.1) is 0 Å². The van der Waals surface area contributed by atoms with Crippen LogP contribution in [0.4, 0.5) is 5.95 Å². The molecule has 1 aromatic heterocycles. The van der Waals surface area contributed by atoms with E-state index in [1.807, 2.05) is 43.9 Å². The Hall–Kier alpha value is -2.96. The molecular formula is C21H27N5O2. The maximum Gasteiger partial charge on any atom is 0.257 e. The summed E-state index contributed by atoms with van der Waals surface area (Å²) in [4.78, 5) is 37.5. The van der Waals surface area contributed by atoms with E-state index in [0.29, 0.717) is 31.1 Å². The van der Waals surface area contributed by atoms with Gasteiger partial charge in [-0.2, -0.15) is 0 Å². The van der Waals surface area contributed by atoms with Crippen LogP contribution in [-0.2, 0) is 11.3 Å². The highest BCUT2D eigenvalue weighted by atomic mass is 16.2. The molecule has 1 atom stereocenters. The Morgan fingerprint density at radius 3 is 2.61 bits per heavy atom. The van der Waals surface area contributed by atoms with Crippen LogP contribution in [0.5, 0.6) is 0 Å². The van der Waals surface area contributed by atoms with E-state index in [9.17, 15) is 9.59 Å².